The number of aromatic nitrogens is 2. The lowest BCUT2D eigenvalue weighted by Crippen LogP contribution is -2.47. The quantitative estimate of drug-likeness (QED) is 0.372. The molecule has 37 heavy (non-hydrogen) atoms. The predicted molar refractivity (Wildman–Crippen MR) is 143 cm³/mol. The number of anilines is 2. The van der Waals surface area contributed by atoms with Crippen LogP contribution in [0.2, 0.25) is 0 Å². The Morgan fingerprint density at radius 1 is 1.00 bits per heavy atom. The molecule has 1 amide bonds. The van der Waals surface area contributed by atoms with Crippen molar-refractivity contribution in [2.75, 3.05) is 49.1 Å². The van der Waals surface area contributed by atoms with Crippen LogP contribution in [0.15, 0.2) is 36.7 Å². The minimum Gasteiger partial charge on any atom is -0.478 e. The van der Waals surface area contributed by atoms with E-state index in [9.17, 15) is 14.4 Å². The van der Waals surface area contributed by atoms with Crippen LogP contribution in [0.25, 0.3) is 0 Å². The van der Waals surface area contributed by atoms with E-state index in [4.69, 9.17) is 10.2 Å². The van der Waals surface area contributed by atoms with E-state index in [-0.39, 0.29) is 0 Å². The van der Waals surface area contributed by atoms with Crippen molar-refractivity contribution in [2.24, 2.45) is 0 Å². The summed E-state index contributed by atoms with van der Waals surface area (Å²) in [6, 6.07) is 4.12. The minimum absolute atomic E-state index is 0.306. The standard InChI is InChI=1S/C22H31N5OS.C4H4O4/c1-2-18-17-19-20(29-18)7-5-8-21(28)27(19)12-4-3-11-25-13-15-26(16-14-25)22-23-9-6-10-24-22;5-3(6)1-2-4(7)8/h6,9-10,17H,2-5,7-8,11-16H2,1H3;1-2H,(H,5,6)(H,7,8)/b;2-1+. The number of hydrogen-bond acceptors (Lipinski definition) is 8. The molecule has 2 aliphatic heterocycles. The van der Waals surface area contributed by atoms with Crippen LogP contribution in [0, 0.1) is 0 Å². The minimum atomic E-state index is -1.26. The lowest BCUT2D eigenvalue weighted by atomic mass is 10.2. The third kappa shape index (κ3) is 8.94. The highest BCUT2D eigenvalue weighted by molar-refractivity contribution is 7.12. The highest BCUT2D eigenvalue weighted by atomic mass is 32.1. The highest BCUT2D eigenvalue weighted by Gasteiger charge is 2.24. The van der Waals surface area contributed by atoms with Gasteiger partial charge in [-0.2, -0.15) is 0 Å². The molecule has 1 saturated heterocycles. The number of thiophene rings is 1. The Kier molecular flexibility index (Phi) is 11.0. The second-order valence-electron chi connectivity index (χ2n) is 8.87. The van der Waals surface area contributed by atoms with Gasteiger partial charge in [0.2, 0.25) is 11.9 Å². The molecule has 4 rings (SSSR count). The summed E-state index contributed by atoms with van der Waals surface area (Å²) in [6.45, 7) is 8.21. The first kappa shape index (κ1) is 28.3. The largest absolute Gasteiger partial charge is 0.478 e. The summed E-state index contributed by atoms with van der Waals surface area (Å²) in [5, 5.41) is 15.6. The number of hydrogen-bond donors (Lipinski definition) is 2. The van der Waals surface area contributed by atoms with E-state index in [1.807, 2.05) is 17.4 Å². The molecule has 0 spiro atoms. The second-order valence-corrected chi connectivity index (χ2v) is 10.1. The van der Waals surface area contributed by atoms with Crippen LogP contribution >= 0.6 is 11.3 Å². The van der Waals surface area contributed by atoms with Gasteiger partial charge in [-0.1, -0.05) is 6.92 Å². The summed E-state index contributed by atoms with van der Waals surface area (Å²) in [4.78, 5) is 50.1. The van der Waals surface area contributed by atoms with Gasteiger partial charge in [-0.05, 0) is 50.8 Å². The molecule has 0 unspecified atom stereocenters. The maximum Gasteiger partial charge on any atom is 0.328 e. The van der Waals surface area contributed by atoms with E-state index in [0.29, 0.717) is 24.5 Å². The van der Waals surface area contributed by atoms with Crippen LogP contribution in [0.4, 0.5) is 11.6 Å². The first-order valence-corrected chi connectivity index (χ1v) is 13.5. The number of piperazine rings is 1. The fraction of sp³-hybridized carbons (Fsp3) is 0.500. The number of carbonyl (C=O) groups excluding carboxylic acids is 1. The van der Waals surface area contributed by atoms with Gasteiger partial charge in [-0.15, -0.1) is 11.3 Å². The smallest absolute Gasteiger partial charge is 0.328 e. The van der Waals surface area contributed by atoms with E-state index >= 15 is 0 Å². The van der Waals surface area contributed by atoms with Crippen LogP contribution in [0.5, 0.6) is 0 Å². The van der Waals surface area contributed by atoms with Gasteiger partial charge in [-0.3, -0.25) is 9.69 Å². The first-order chi connectivity index (χ1) is 17.9. The molecule has 2 aromatic rings. The number of unbranched alkanes of at least 4 members (excludes halogenated alkanes) is 1. The summed E-state index contributed by atoms with van der Waals surface area (Å²) in [5.41, 5.74) is 1.20. The molecule has 2 aliphatic rings. The zero-order chi connectivity index (χ0) is 26.6. The van der Waals surface area contributed by atoms with Crippen LogP contribution in [-0.2, 0) is 27.2 Å². The normalized spacial score (nSPS) is 16.2. The van der Waals surface area contributed by atoms with Crippen LogP contribution in [-0.4, -0.2) is 82.2 Å². The summed E-state index contributed by atoms with van der Waals surface area (Å²) in [5.74, 6) is -1.37. The van der Waals surface area contributed by atoms with Gasteiger partial charge in [0.1, 0.15) is 0 Å². The third-order valence-electron chi connectivity index (χ3n) is 6.25. The number of rotatable bonds is 9. The van der Waals surface area contributed by atoms with Crippen molar-refractivity contribution < 1.29 is 24.6 Å². The molecule has 11 heteroatoms. The fourth-order valence-electron chi connectivity index (χ4n) is 4.34. The lowest BCUT2D eigenvalue weighted by molar-refractivity contribution is -0.134. The van der Waals surface area contributed by atoms with Gasteiger partial charge in [0, 0.05) is 73.4 Å². The second kappa shape index (κ2) is 14.4. The summed E-state index contributed by atoms with van der Waals surface area (Å²) < 4.78 is 0. The molecule has 1 fully saturated rings. The van der Waals surface area contributed by atoms with Crippen molar-refractivity contribution in [1.82, 2.24) is 14.9 Å². The summed E-state index contributed by atoms with van der Waals surface area (Å²) in [6.07, 6.45) is 10.7. The summed E-state index contributed by atoms with van der Waals surface area (Å²) >= 11 is 1.90. The Balaban J connectivity index is 0.000000414. The van der Waals surface area contributed by atoms with Crippen molar-refractivity contribution in [2.45, 2.75) is 45.4 Å². The number of carboxylic acids is 2. The number of nitrogens with zero attached hydrogens (tertiary/aromatic N) is 5. The van der Waals surface area contributed by atoms with Gasteiger partial charge in [0.25, 0.3) is 0 Å². The third-order valence-corrected chi connectivity index (χ3v) is 7.58. The van der Waals surface area contributed by atoms with Crippen LogP contribution in [0.1, 0.15) is 42.4 Å². The van der Waals surface area contributed by atoms with E-state index in [1.54, 1.807) is 12.4 Å². The topological polar surface area (TPSA) is 127 Å². The van der Waals surface area contributed by atoms with Crippen molar-refractivity contribution in [3.8, 4) is 0 Å². The summed E-state index contributed by atoms with van der Waals surface area (Å²) in [7, 11) is 0. The molecule has 0 radical (unpaired) electrons. The van der Waals surface area contributed by atoms with E-state index in [2.05, 4.69) is 37.7 Å². The molecule has 0 atom stereocenters. The molecule has 4 heterocycles. The zero-order valence-corrected chi connectivity index (χ0v) is 22.0. The Bertz CT molecular complexity index is 1050. The monoisotopic (exact) mass is 529 g/mol. The van der Waals surface area contributed by atoms with Crippen LogP contribution in [0.3, 0.4) is 0 Å². The molecule has 2 N–H and O–H groups in total. The molecular weight excluding hydrogens is 494 g/mol. The van der Waals surface area contributed by atoms with Gasteiger partial charge < -0.3 is 20.0 Å². The number of carbonyl (C=O) groups is 3. The SMILES string of the molecule is CCc1cc2c(s1)CCCC(=O)N2CCCCN1CCN(c2ncccn2)CC1.O=C(O)/C=C/C(=O)O. The molecule has 0 aromatic carbocycles. The van der Waals surface area contributed by atoms with Crippen molar-refractivity contribution >= 4 is 40.8 Å². The van der Waals surface area contributed by atoms with Gasteiger partial charge >= 0.3 is 11.9 Å². The first-order valence-electron chi connectivity index (χ1n) is 12.7. The maximum atomic E-state index is 12.6. The molecule has 2 aromatic heterocycles. The Morgan fingerprint density at radius 2 is 1.65 bits per heavy atom. The Morgan fingerprint density at radius 3 is 2.27 bits per heavy atom. The molecule has 200 valence electrons. The van der Waals surface area contributed by atoms with Crippen LogP contribution < -0.4 is 9.80 Å². The fourth-order valence-corrected chi connectivity index (χ4v) is 5.49. The number of amides is 1. The lowest BCUT2D eigenvalue weighted by Gasteiger charge is -2.34. The molecule has 10 nitrogen and oxygen atoms in total. The number of fused-ring (bicyclic) bond motifs is 1. The van der Waals surface area contributed by atoms with Crippen molar-refractivity contribution in [3.05, 3.63) is 46.4 Å². The van der Waals surface area contributed by atoms with Crippen molar-refractivity contribution in [1.29, 1.82) is 0 Å². The highest BCUT2D eigenvalue weighted by Crippen LogP contribution is 2.35. The maximum absolute atomic E-state index is 12.6. The number of aliphatic carboxylic acids is 2. The Hall–Kier alpha value is -3.31. The van der Waals surface area contributed by atoms with Gasteiger partial charge in [0.05, 0.1) is 5.69 Å². The van der Waals surface area contributed by atoms with E-state index in [0.717, 1.165) is 77.3 Å². The average Bonchev–Trinajstić information content (AvgIpc) is 3.25. The molecular formula is C26H35N5O5S. The number of carboxylic acid groups (broad SMARTS) is 2. The average molecular weight is 530 g/mol. The predicted octanol–water partition coefficient (Wildman–Crippen LogP) is 3.08. The molecule has 0 aliphatic carbocycles. The van der Waals surface area contributed by atoms with E-state index < -0.39 is 11.9 Å². The number of aryl methyl sites for hydroxylation is 2. The molecule has 0 saturated carbocycles. The van der Waals surface area contributed by atoms with Crippen molar-refractivity contribution in [3.63, 3.8) is 0 Å². The Labute approximate surface area is 221 Å². The van der Waals surface area contributed by atoms with E-state index in [1.165, 1.54) is 15.4 Å². The zero-order valence-electron chi connectivity index (χ0n) is 21.2. The van der Waals surface area contributed by atoms with Gasteiger partial charge in [-0.25, -0.2) is 19.6 Å². The van der Waals surface area contributed by atoms with Gasteiger partial charge in [0.15, 0.2) is 0 Å². The molecule has 0 bridgehead atoms.